The van der Waals surface area contributed by atoms with Crippen molar-refractivity contribution >= 4 is 10.0 Å². The summed E-state index contributed by atoms with van der Waals surface area (Å²) in [6.45, 7) is 0.913. The van der Waals surface area contributed by atoms with Crippen LogP contribution in [-0.4, -0.2) is 34.4 Å². The van der Waals surface area contributed by atoms with Gasteiger partial charge in [0.1, 0.15) is 12.4 Å². The van der Waals surface area contributed by atoms with E-state index in [2.05, 4.69) is 40.4 Å². The van der Waals surface area contributed by atoms with Crippen molar-refractivity contribution < 1.29 is 13.2 Å². The van der Waals surface area contributed by atoms with Gasteiger partial charge in [0.15, 0.2) is 0 Å². The minimum absolute atomic E-state index is 0.214. The van der Waals surface area contributed by atoms with E-state index in [0.717, 1.165) is 23.3 Å². The average molecular weight is 360 g/mol. The minimum atomic E-state index is -3.21. The molecule has 6 heteroatoms. The molecule has 0 saturated heterocycles. The fraction of sp³-hybridized carbons (Fsp3) is 0.368. The van der Waals surface area contributed by atoms with Gasteiger partial charge in [-0.25, -0.2) is 13.1 Å². The second kappa shape index (κ2) is 7.56. The molecule has 2 N–H and O–H groups in total. The predicted molar refractivity (Wildman–Crippen MR) is 99.4 cm³/mol. The minimum Gasteiger partial charge on any atom is -0.492 e. The van der Waals surface area contributed by atoms with Gasteiger partial charge in [0.2, 0.25) is 10.0 Å². The Labute approximate surface area is 149 Å². The summed E-state index contributed by atoms with van der Waals surface area (Å²) in [5.41, 5.74) is 3.34. The van der Waals surface area contributed by atoms with E-state index in [1.165, 1.54) is 11.8 Å². The normalized spacial score (nSPS) is 19.9. The van der Waals surface area contributed by atoms with Gasteiger partial charge in [-0.15, -0.1) is 0 Å². The topological polar surface area (TPSA) is 67.4 Å². The molecular formula is C19H24N2O3S. The second-order valence-electron chi connectivity index (χ2n) is 6.47. The van der Waals surface area contributed by atoms with Gasteiger partial charge in [-0.2, -0.15) is 0 Å². The van der Waals surface area contributed by atoms with Crippen molar-refractivity contribution in [3.63, 3.8) is 0 Å². The van der Waals surface area contributed by atoms with Crippen molar-refractivity contribution in [3.05, 3.63) is 65.2 Å². The lowest BCUT2D eigenvalue weighted by molar-refractivity contribution is 0.218. The maximum absolute atomic E-state index is 11.4. The molecule has 0 amide bonds. The lowest BCUT2D eigenvalue weighted by Crippen LogP contribution is -2.41. The van der Waals surface area contributed by atoms with E-state index in [4.69, 9.17) is 4.74 Å². The fourth-order valence-electron chi connectivity index (χ4n) is 3.26. The van der Waals surface area contributed by atoms with Crippen LogP contribution in [0.15, 0.2) is 48.5 Å². The highest BCUT2D eigenvalue weighted by molar-refractivity contribution is 7.88. The molecule has 2 aromatic carbocycles. The summed E-state index contributed by atoms with van der Waals surface area (Å²) in [4.78, 5) is 0. The summed E-state index contributed by atoms with van der Waals surface area (Å²) in [5.74, 6) is 1.16. The second-order valence-corrected chi connectivity index (χ2v) is 8.30. The number of likely N-dealkylation sites (N-methyl/N-ethyl adjacent to an activating group) is 1. The highest BCUT2D eigenvalue weighted by atomic mass is 32.2. The van der Waals surface area contributed by atoms with E-state index in [1.807, 2.05) is 25.2 Å². The van der Waals surface area contributed by atoms with E-state index in [0.29, 0.717) is 6.61 Å². The Balaban J connectivity index is 1.89. The van der Waals surface area contributed by atoms with Crippen LogP contribution < -0.4 is 14.8 Å². The quantitative estimate of drug-likeness (QED) is 0.827. The first-order chi connectivity index (χ1) is 12.0. The highest BCUT2D eigenvalue weighted by Crippen LogP contribution is 2.36. The number of hydrogen-bond donors (Lipinski definition) is 2. The standard InChI is InChI=1S/C19H24N2O3S/c1-20-18-13-24-19-9-8-15(12-21-25(2,22)23)11-17(19)16(18)10-14-6-4-3-5-7-14/h3-9,11,16,18,20-21H,10,12-13H2,1-2H3. The number of hydrogen-bond acceptors (Lipinski definition) is 4. The van der Waals surface area contributed by atoms with Crippen molar-refractivity contribution in [1.82, 2.24) is 10.0 Å². The zero-order valence-electron chi connectivity index (χ0n) is 14.5. The van der Waals surface area contributed by atoms with E-state index in [-0.39, 0.29) is 18.5 Å². The van der Waals surface area contributed by atoms with Crippen molar-refractivity contribution in [3.8, 4) is 5.75 Å². The third-order valence-corrected chi connectivity index (χ3v) is 5.25. The Morgan fingerprint density at radius 2 is 1.88 bits per heavy atom. The molecule has 3 rings (SSSR count). The third-order valence-electron chi connectivity index (χ3n) is 4.59. The van der Waals surface area contributed by atoms with Crippen LogP contribution in [0.3, 0.4) is 0 Å². The van der Waals surface area contributed by atoms with Crippen LogP contribution >= 0.6 is 0 Å². The van der Waals surface area contributed by atoms with E-state index in [1.54, 1.807) is 0 Å². The van der Waals surface area contributed by atoms with Gasteiger partial charge in [0.05, 0.1) is 6.26 Å². The molecular weight excluding hydrogens is 336 g/mol. The molecule has 0 bridgehead atoms. The fourth-order valence-corrected chi connectivity index (χ4v) is 3.69. The van der Waals surface area contributed by atoms with Crippen LogP contribution in [-0.2, 0) is 23.0 Å². The van der Waals surface area contributed by atoms with Gasteiger partial charge in [0, 0.05) is 18.5 Å². The van der Waals surface area contributed by atoms with Gasteiger partial charge in [-0.3, -0.25) is 0 Å². The zero-order chi connectivity index (χ0) is 17.9. The van der Waals surface area contributed by atoms with Gasteiger partial charge in [0.25, 0.3) is 0 Å². The van der Waals surface area contributed by atoms with E-state index in [9.17, 15) is 8.42 Å². The van der Waals surface area contributed by atoms with Crippen LogP contribution in [0.25, 0.3) is 0 Å². The SMILES string of the molecule is CNC1COc2ccc(CNS(C)(=O)=O)cc2C1Cc1ccccc1. The Morgan fingerprint density at radius 3 is 2.56 bits per heavy atom. The third kappa shape index (κ3) is 4.60. The molecule has 1 heterocycles. The van der Waals surface area contributed by atoms with Gasteiger partial charge in [-0.1, -0.05) is 42.5 Å². The number of fused-ring (bicyclic) bond motifs is 1. The van der Waals surface area contributed by atoms with E-state index >= 15 is 0 Å². The largest absolute Gasteiger partial charge is 0.492 e. The molecule has 1 aliphatic heterocycles. The molecule has 5 nitrogen and oxygen atoms in total. The van der Waals surface area contributed by atoms with E-state index < -0.39 is 10.0 Å². The molecule has 25 heavy (non-hydrogen) atoms. The molecule has 1 aliphatic rings. The van der Waals surface area contributed by atoms with Crippen molar-refractivity contribution in [2.75, 3.05) is 19.9 Å². The Hall–Kier alpha value is -1.89. The molecule has 0 saturated carbocycles. The van der Waals surface area contributed by atoms with Crippen molar-refractivity contribution in [1.29, 1.82) is 0 Å². The monoisotopic (exact) mass is 360 g/mol. The summed E-state index contributed by atoms with van der Waals surface area (Å²) >= 11 is 0. The maximum atomic E-state index is 11.4. The molecule has 0 aromatic heterocycles. The summed E-state index contributed by atoms with van der Waals surface area (Å²) < 4.78 is 31.1. The summed E-state index contributed by atoms with van der Waals surface area (Å²) in [6, 6.07) is 16.5. The number of ether oxygens (including phenoxy) is 1. The summed E-state index contributed by atoms with van der Waals surface area (Å²) in [5, 5.41) is 3.35. The molecule has 0 radical (unpaired) electrons. The van der Waals surface area contributed by atoms with Crippen LogP contribution in [0.1, 0.15) is 22.6 Å². The van der Waals surface area contributed by atoms with Crippen molar-refractivity contribution in [2.24, 2.45) is 0 Å². The molecule has 2 aromatic rings. The molecule has 0 spiro atoms. The average Bonchev–Trinajstić information content (AvgIpc) is 2.60. The number of rotatable bonds is 6. The van der Waals surface area contributed by atoms with Crippen LogP contribution in [0.5, 0.6) is 5.75 Å². The predicted octanol–water partition coefficient (Wildman–Crippen LogP) is 2.04. The number of nitrogens with one attached hydrogen (secondary N) is 2. The Kier molecular flexibility index (Phi) is 5.42. The van der Waals surface area contributed by atoms with Crippen molar-refractivity contribution in [2.45, 2.75) is 24.9 Å². The molecule has 2 unspecified atom stereocenters. The van der Waals surface area contributed by atoms with Gasteiger partial charge < -0.3 is 10.1 Å². The smallest absolute Gasteiger partial charge is 0.209 e. The summed E-state index contributed by atoms with van der Waals surface area (Å²) in [6.07, 6.45) is 2.08. The lowest BCUT2D eigenvalue weighted by atomic mass is 9.83. The first kappa shape index (κ1) is 17.9. The number of benzene rings is 2. The first-order valence-corrected chi connectivity index (χ1v) is 10.3. The zero-order valence-corrected chi connectivity index (χ0v) is 15.3. The molecule has 2 atom stereocenters. The lowest BCUT2D eigenvalue weighted by Gasteiger charge is -2.34. The van der Waals surface area contributed by atoms with Crippen LogP contribution in [0.4, 0.5) is 0 Å². The highest BCUT2D eigenvalue weighted by Gasteiger charge is 2.30. The Bertz CT molecular complexity index is 822. The van der Waals surface area contributed by atoms with Gasteiger partial charge in [-0.05, 0) is 36.2 Å². The Morgan fingerprint density at radius 1 is 1.12 bits per heavy atom. The maximum Gasteiger partial charge on any atom is 0.209 e. The molecule has 134 valence electrons. The first-order valence-electron chi connectivity index (χ1n) is 8.38. The molecule has 0 fully saturated rings. The number of sulfonamides is 1. The van der Waals surface area contributed by atoms with Crippen LogP contribution in [0, 0.1) is 0 Å². The van der Waals surface area contributed by atoms with Crippen LogP contribution in [0.2, 0.25) is 0 Å². The van der Waals surface area contributed by atoms with Gasteiger partial charge >= 0.3 is 0 Å². The molecule has 0 aliphatic carbocycles. The summed E-state index contributed by atoms with van der Waals surface area (Å²) in [7, 11) is -1.26.